The first-order chi connectivity index (χ1) is 10.1. The lowest BCUT2D eigenvalue weighted by atomic mass is 10.00. The second kappa shape index (κ2) is 5.80. The van der Waals surface area contributed by atoms with Gasteiger partial charge in [0, 0.05) is 18.0 Å². The highest BCUT2D eigenvalue weighted by Gasteiger charge is 2.11. The third-order valence-corrected chi connectivity index (χ3v) is 3.71. The van der Waals surface area contributed by atoms with Crippen molar-refractivity contribution >= 4 is 22.5 Å². The van der Waals surface area contributed by atoms with Crippen LogP contribution in [0.5, 0.6) is 0 Å². The number of nitrogens with zero attached hydrogens (tertiary/aromatic N) is 1. The Morgan fingerprint density at radius 2 is 2.00 bits per heavy atom. The summed E-state index contributed by atoms with van der Waals surface area (Å²) in [7, 11) is 0. The lowest BCUT2D eigenvalue weighted by molar-refractivity contribution is 0.178. The molecule has 106 valence electrons. The van der Waals surface area contributed by atoms with Crippen molar-refractivity contribution in [2.75, 3.05) is 0 Å². The highest BCUT2D eigenvalue weighted by molar-refractivity contribution is 6.30. The van der Waals surface area contributed by atoms with Crippen LogP contribution in [0.1, 0.15) is 17.2 Å². The van der Waals surface area contributed by atoms with Gasteiger partial charge >= 0.3 is 0 Å². The van der Waals surface area contributed by atoms with Crippen LogP contribution < -0.4 is 0 Å². The highest BCUT2D eigenvalue weighted by atomic mass is 35.5. The summed E-state index contributed by atoms with van der Waals surface area (Å²) in [6.07, 6.45) is 1.45. The fourth-order valence-electron chi connectivity index (χ4n) is 2.31. The lowest BCUT2D eigenvalue weighted by Gasteiger charge is -2.12. The van der Waals surface area contributed by atoms with Crippen LogP contribution in [-0.4, -0.2) is 10.1 Å². The molecule has 0 radical (unpaired) electrons. The van der Waals surface area contributed by atoms with Crippen LogP contribution >= 0.6 is 11.6 Å². The third-order valence-electron chi connectivity index (χ3n) is 3.42. The van der Waals surface area contributed by atoms with E-state index in [2.05, 4.69) is 4.98 Å². The number of rotatable bonds is 3. The first-order valence-corrected chi connectivity index (χ1v) is 6.98. The predicted octanol–water partition coefficient (Wildman–Crippen LogP) is 4.30. The van der Waals surface area contributed by atoms with E-state index in [0.717, 1.165) is 22.0 Å². The Bertz CT molecular complexity index is 791. The Balaban J connectivity index is 1.85. The molecular formula is C17H13ClFNO. The van der Waals surface area contributed by atoms with E-state index in [9.17, 15) is 9.50 Å². The summed E-state index contributed by atoms with van der Waals surface area (Å²) >= 11 is 5.76. The van der Waals surface area contributed by atoms with Gasteiger partial charge in [-0.15, -0.1) is 0 Å². The van der Waals surface area contributed by atoms with E-state index in [1.54, 1.807) is 18.3 Å². The molecule has 21 heavy (non-hydrogen) atoms. The van der Waals surface area contributed by atoms with Gasteiger partial charge in [-0.1, -0.05) is 29.8 Å². The zero-order valence-corrected chi connectivity index (χ0v) is 11.9. The number of hydrogen-bond donors (Lipinski definition) is 1. The fraction of sp³-hybridized carbons (Fsp3) is 0.118. The third kappa shape index (κ3) is 3.04. The fourth-order valence-corrected chi connectivity index (χ4v) is 2.51. The molecule has 1 heterocycles. The number of aliphatic hydroxyl groups excluding tert-OH is 1. The minimum Gasteiger partial charge on any atom is -0.388 e. The number of benzene rings is 2. The standard InChI is InChI=1S/C17H13ClFNO/c18-14-8-11(3-5-15(14)19)9-17(21)13-4-6-16-12(10-13)2-1-7-20-16/h1-8,10,17,21H,9H2. The van der Waals surface area contributed by atoms with Gasteiger partial charge in [0.2, 0.25) is 0 Å². The van der Waals surface area contributed by atoms with Gasteiger partial charge < -0.3 is 5.11 Å². The number of pyridine rings is 1. The monoisotopic (exact) mass is 301 g/mol. The summed E-state index contributed by atoms with van der Waals surface area (Å²) in [6, 6.07) is 13.9. The topological polar surface area (TPSA) is 33.1 Å². The van der Waals surface area contributed by atoms with Crippen molar-refractivity contribution in [2.45, 2.75) is 12.5 Å². The Hall–Kier alpha value is -1.97. The number of halogens is 2. The van der Waals surface area contributed by atoms with E-state index >= 15 is 0 Å². The summed E-state index contributed by atoms with van der Waals surface area (Å²) in [6.45, 7) is 0. The van der Waals surface area contributed by atoms with Crippen LogP contribution in [0.25, 0.3) is 10.9 Å². The number of aliphatic hydroxyl groups is 1. The normalized spacial score (nSPS) is 12.5. The summed E-state index contributed by atoms with van der Waals surface area (Å²) in [5, 5.41) is 11.4. The maximum Gasteiger partial charge on any atom is 0.141 e. The molecule has 1 N–H and O–H groups in total. The van der Waals surface area contributed by atoms with Crippen molar-refractivity contribution < 1.29 is 9.50 Å². The second-order valence-corrected chi connectivity index (χ2v) is 5.33. The summed E-state index contributed by atoms with van der Waals surface area (Å²) in [5.41, 5.74) is 2.48. The molecule has 0 spiro atoms. The van der Waals surface area contributed by atoms with Gasteiger partial charge in [0.15, 0.2) is 0 Å². The second-order valence-electron chi connectivity index (χ2n) is 4.92. The molecule has 0 bridgehead atoms. The van der Waals surface area contributed by atoms with Gasteiger partial charge in [-0.25, -0.2) is 4.39 Å². The molecule has 1 atom stereocenters. The molecule has 2 aromatic carbocycles. The van der Waals surface area contributed by atoms with E-state index < -0.39 is 11.9 Å². The van der Waals surface area contributed by atoms with E-state index in [-0.39, 0.29) is 5.02 Å². The van der Waals surface area contributed by atoms with Crippen LogP contribution in [0.2, 0.25) is 5.02 Å². The van der Waals surface area contributed by atoms with Gasteiger partial charge in [0.1, 0.15) is 5.82 Å². The molecule has 2 nitrogen and oxygen atoms in total. The zero-order chi connectivity index (χ0) is 14.8. The summed E-state index contributed by atoms with van der Waals surface area (Å²) in [4.78, 5) is 4.25. The smallest absolute Gasteiger partial charge is 0.141 e. The Morgan fingerprint density at radius 3 is 2.81 bits per heavy atom. The molecule has 0 fully saturated rings. The average Bonchev–Trinajstić information content (AvgIpc) is 2.50. The maximum atomic E-state index is 13.1. The van der Waals surface area contributed by atoms with Crippen LogP contribution in [0.15, 0.2) is 54.7 Å². The maximum absolute atomic E-state index is 13.1. The van der Waals surface area contributed by atoms with Gasteiger partial charge in [-0.2, -0.15) is 0 Å². The summed E-state index contributed by atoms with van der Waals surface area (Å²) < 4.78 is 13.1. The Kier molecular flexibility index (Phi) is 3.86. The van der Waals surface area contributed by atoms with Crippen molar-refractivity contribution in [3.63, 3.8) is 0 Å². The molecule has 0 saturated heterocycles. The van der Waals surface area contributed by atoms with E-state index in [1.807, 2.05) is 30.3 Å². The minimum atomic E-state index is -0.670. The minimum absolute atomic E-state index is 0.0717. The van der Waals surface area contributed by atoms with Crippen molar-refractivity contribution in [1.29, 1.82) is 0 Å². The number of fused-ring (bicyclic) bond motifs is 1. The molecule has 3 rings (SSSR count). The van der Waals surface area contributed by atoms with Crippen molar-refractivity contribution in [1.82, 2.24) is 4.98 Å². The van der Waals surface area contributed by atoms with Crippen molar-refractivity contribution in [2.24, 2.45) is 0 Å². The first kappa shape index (κ1) is 14.0. The molecular weight excluding hydrogens is 289 g/mol. The molecule has 0 aliphatic carbocycles. The number of aromatic nitrogens is 1. The van der Waals surface area contributed by atoms with Crippen LogP contribution in [0.3, 0.4) is 0 Å². The van der Waals surface area contributed by atoms with Gasteiger partial charge in [0.25, 0.3) is 0 Å². The van der Waals surface area contributed by atoms with Crippen molar-refractivity contribution in [3.8, 4) is 0 Å². The molecule has 0 aliphatic rings. The SMILES string of the molecule is OC(Cc1ccc(F)c(Cl)c1)c1ccc2ncccc2c1. The van der Waals surface area contributed by atoms with Crippen molar-refractivity contribution in [3.05, 3.63) is 76.7 Å². The van der Waals surface area contributed by atoms with Gasteiger partial charge in [0.05, 0.1) is 16.6 Å². The van der Waals surface area contributed by atoms with E-state index in [4.69, 9.17) is 11.6 Å². The molecule has 4 heteroatoms. The Labute approximate surface area is 126 Å². The van der Waals surface area contributed by atoms with Gasteiger partial charge in [-0.05, 0) is 41.5 Å². The summed E-state index contributed by atoms with van der Waals surface area (Å²) in [5.74, 6) is -0.452. The number of hydrogen-bond acceptors (Lipinski definition) is 2. The van der Waals surface area contributed by atoms with Crippen LogP contribution in [-0.2, 0) is 6.42 Å². The Morgan fingerprint density at radius 1 is 1.14 bits per heavy atom. The molecule has 1 aromatic heterocycles. The molecule has 0 amide bonds. The first-order valence-electron chi connectivity index (χ1n) is 6.60. The predicted molar refractivity (Wildman–Crippen MR) is 81.8 cm³/mol. The largest absolute Gasteiger partial charge is 0.388 e. The lowest BCUT2D eigenvalue weighted by Crippen LogP contribution is -2.02. The highest BCUT2D eigenvalue weighted by Crippen LogP contribution is 2.24. The zero-order valence-electron chi connectivity index (χ0n) is 11.1. The molecule has 0 saturated carbocycles. The molecule has 0 aliphatic heterocycles. The van der Waals surface area contributed by atoms with E-state index in [0.29, 0.717) is 6.42 Å². The average molecular weight is 302 g/mol. The van der Waals surface area contributed by atoms with Crippen LogP contribution in [0.4, 0.5) is 4.39 Å². The van der Waals surface area contributed by atoms with Crippen LogP contribution in [0, 0.1) is 5.82 Å². The quantitative estimate of drug-likeness (QED) is 0.782. The molecule has 3 aromatic rings. The van der Waals surface area contributed by atoms with Gasteiger partial charge in [-0.3, -0.25) is 4.98 Å². The van der Waals surface area contributed by atoms with E-state index in [1.165, 1.54) is 6.07 Å². The molecule has 1 unspecified atom stereocenters.